The molecular formula is C34H48N6O4Si. The van der Waals surface area contributed by atoms with Crippen LogP contribution in [0.15, 0.2) is 49.2 Å². The van der Waals surface area contributed by atoms with Gasteiger partial charge in [0.2, 0.25) is 5.88 Å². The number of pyridine rings is 2. The molecule has 0 aliphatic rings. The number of rotatable bonds is 10. The SMILES string of the molecule is COc1ccc(CN(C(=O)OC(C)(C)C)c2ccc(C(O)c3cn([Si](C(C)C)(C(C)C)C(C)C)c4ncncc34)c(C)n2)cn1. The van der Waals surface area contributed by atoms with E-state index in [1.54, 1.807) is 38.0 Å². The van der Waals surface area contributed by atoms with Gasteiger partial charge in [-0.05, 0) is 55.9 Å². The first-order chi connectivity index (χ1) is 21.1. The zero-order valence-corrected chi connectivity index (χ0v) is 29.5. The Balaban J connectivity index is 1.78. The predicted octanol–water partition coefficient (Wildman–Crippen LogP) is 7.59. The Bertz CT molecular complexity index is 1610. The minimum atomic E-state index is -2.18. The third kappa shape index (κ3) is 6.74. The van der Waals surface area contributed by atoms with E-state index in [0.717, 1.165) is 22.2 Å². The third-order valence-corrected chi connectivity index (χ3v) is 15.4. The van der Waals surface area contributed by atoms with Crippen molar-refractivity contribution in [2.75, 3.05) is 12.0 Å². The Morgan fingerprint density at radius 2 is 1.64 bits per heavy atom. The van der Waals surface area contributed by atoms with Crippen molar-refractivity contribution in [1.29, 1.82) is 0 Å². The summed E-state index contributed by atoms with van der Waals surface area (Å²) in [6, 6.07) is 7.17. The number of carbonyl (C=O) groups is 1. The van der Waals surface area contributed by atoms with Crippen molar-refractivity contribution in [3.63, 3.8) is 0 Å². The molecule has 0 aliphatic heterocycles. The normalized spacial score (nSPS) is 13.1. The number of ether oxygens (including phenoxy) is 2. The van der Waals surface area contributed by atoms with Crippen LogP contribution in [0.1, 0.15) is 90.8 Å². The first-order valence-electron chi connectivity index (χ1n) is 15.6. The van der Waals surface area contributed by atoms with Gasteiger partial charge in [0.25, 0.3) is 0 Å². The molecule has 0 radical (unpaired) electrons. The molecule has 0 saturated heterocycles. The van der Waals surface area contributed by atoms with Crippen LogP contribution >= 0.6 is 0 Å². The minimum Gasteiger partial charge on any atom is -0.481 e. The summed E-state index contributed by atoms with van der Waals surface area (Å²) in [5, 5.41) is 12.8. The van der Waals surface area contributed by atoms with E-state index in [1.807, 2.05) is 39.8 Å². The van der Waals surface area contributed by atoms with E-state index in [-0.39, 0.29) is 6.54 Å². The molecule has 11 heteroatoms. The smallest absolute Gasteiger partial charge is 0.416 e. The molecule has 0 saturated carbocycles. The Labute approximate surface area is 267 Å². The van der Waals surface area contributed by atoms with Gasteiger partial charge in [-0.25, -0.2) is 24.7 Å². The van der Waals surface area contributed by atoms with Gasteiger partial charge < -0.3 is 18.8 Å². The largest absolute Gasteiger partial charge is 0.481 e. The number of anilines is 1. The number of hydrogen-bond acceptors (Lipinski definition) is 8. The average Bonchev–Trinajstić information content (AvgIpc) is 3.34. The summed E-state index contributed by atoms with van der Waals surface area (Å²) >= 11 is 0. The zero-order valence-electron chi connectivity index (χ0n) is 28.5. The van der Waals surface area contributed by atoms with Gasteiger partial charge in [0.1, 0.15) is 29.5 Å². The minimum absolute atomic E-state index is 0.192. The van der Waals surface area contributed by atoms with Crippen molar-refractivity contribution in [3.8, 4) is 5.88 Å². The lowest BCUT2D eigenvalue weighted by Crippen LogP contribution is -2.51. The van der Waals surface area contributed by atoms with Gasteiger partial charge in [-0.15, -0.1) is 0 Å². The highest BCUT2D eigenvalue weighted by atomic mass is 28.3. The van der Waals surface area contributed by atoms with Gasteiger partial charge in [0.15, 0.2) is 8.24 Å². The third-order valence-electron chi connectivity index (χ3n) is 8.63. The van der Waals surface area contributed by atoms with Crippen LogP contribution in [0.4, 0.5) is 10.6 Å². The van der Waals surface area contributed by atoms with Gasteiger partial charge >= 0.3 is 6.09 Å². The number of aryl methyl sites for hydroxylation is 1. The number of methoxy groups -OCH3 is 1. The molecule has 4 aromatic rings. The number of aliphatic hydroxyl groups excluding tert-OH is 1. The zero-order chi connectivity index (χ0) is 33.3. The molecule has 1 atom stereocenters. The molecule has 1 unspecified atom stereocenters. The van der Waals surface area contributed by atoms with E-state index in [9.17, 15) is 9.90 Å². The topological polar surface area (TPSA) is 115 Å². The maximum absolute atomic E-state index is 13.4. The highest BCUT2D eigenvalue weighted by Gasteiger charge is 2.46. The number of nitrogens with zero attached hydrogens (tertiary/aromatic N) is 6. The Hall–Kier alpha value is -3.83. The van der Waals surface area contributed by atoms with E-state index in [4.69, 9.17) is 19.4 Å². The van der Waals surface area contributed by atoms with Crippen molar-refractivity contribution < 1.29 is 19.4 Å². The Morgan fingerprint density at radius 3 is 2.18 bits per heavy atom. The number of amides is 1. The number of fused-ring (bicyclic) bond motifs is 1. The fourth-order valence-electron chi connectivity index (χ4n) is 6.87. The van der Waals surface area contributed by atoms with E-state index in [0.29, 0.717) is 39.6 Å². The summed E-state index contributed by atoms with van der Waals surface area (Å²) in [5.74, 6) is 0.891. The molecule has 0 aromatic carbocycles. The van der Waals surface area contributed by atoms with E-state index in [2.05, 4.69) is 61.9 Å². The monoisotopic (exact) mass is 632 g/mol. The summed E-state index contributed by atoms with van der Waals surface area (Å²) in [6.45, 7) is 21.3. The van der Waals surface area contributed by atoms with Crippen molar-refractivity contribution in [3.05, 3.63) is 71.6 Å². The molecule has 4 heterocycles. The standard InChI is InChI=1S/C34H48N6O4Si/c1-21(2)45(22(3)4,23(5)6)40-19-28(27-17-35-20-37-32(27)40)31(41)26-13-14-29(38-24(26)7)39(33(42)44-34(8,9)10)18-25-12-15-30(43-11)36-16-25/h12-17,19-23,31,41H,18H2,1-11H3. The molecule has 242 valence electrons. The van der Waals surface area contributed by atoms with Crippen molar-refractivity contribution in [2.24, 2.45) is 0 Å². The highest BCUT2D eigenvalue weighted by molar-refractivity contribution is 6.82. The van der Waals surface area contributed by atoms with Crippen molar-refractivity contribution in [1.82, 2.24) is 24.2 Å². The van der Waals surface area contributed by atoms with E-state index in [1.165, 1.54) is 4.90 Å². The quantitative estimate of drug-likeness (QED) is 0.178. The van der Waals surface area contributed by atoms with Gasteiger partial charge in [-0.2, -0.15) is 0 Å². The first kappa shape index (κ1) is 34.0. The van der Waals surface area contributed by atoms with Crippen LogP contribution in [0, 0.1) is 6.92 Å². The van der Waals surface area contributed by atoms with Crippen LogP contribution in [0.5, 0.6) is 5.88 Å². The second-order valence-corrected chi connectivity index (χ2v) is 19.3. The van der Waals surface area contributed by atoms with Gasteiger partial charge in [-0.1, -0.05) is 53.7 Å². The lowest BCUT2D eigenvalue weighted by atomic mass is 10.0. The first-order valence-corrected chi connectivity index (χ1v) is 17.8. The molecule has 0 spiro atoms. The maximum Gasteiger partial charge on any atom is 0.416 e. The molecule has 10 nitrogen and oxygen atoms in total. The van der Waals surface area contributed by atoms with Gasteiger partial charge in [0.05, 0.1) is 13.7 Å². The second-order valence-electron chi connectivity index (χ2n) is 13.6. The Kier molecular flexibility index (Phi) is 10.0. The van der Waals surface area contributed by atoms with Crippen LogP contribution in [0.3, 0.4) is 0 Å². The average molecular weight is 633 g/mol. The van der Waals surface area contributed by atoms with Crippen LogP contribution in [0.25, 0.3) is 11.0 Å². The summed E-state index contributed by atoms with van der Waals surface area (Å²) in [6.07, 6.45) is 5.64. The summed E-state index contributed by atoms with van der Waals surface area (Å²) < 4.78 is 13.3. The summed E-state index contributed by atoms with van der Waals surface area (Å²) in [4.78, 5) is 33.0. The number of aliphatic hydroxyl groups is 1. The predicted molar refractivity (Wildman–Crippen MR) is 180 cm³/mol. The molecule has 0 fully saturated rings. The van der Waals surface area contributed by atoms with Gasteiger partial charge in [0, 0.05) is 46.9 Å². The molecule has 1 amide bonds. The molecule has 0 aliphatic carbocycles. The van der Waals surface area contributed by atoms with Crippen molar-refractivity contribution >= 4 is 31.2 Å². The molecule has 4 aromatic heterocycles. The summed E-state index contributed by atoms with van der Waals surface area (Å²) in [7, 11) is -0.623. The van der Waals surface area contributed by atoms with Gasteiger partial charge in [-0.3, -0.25) is 4.90 Å². The van der Waals surface area contributed by atoms with E-state index >= 15 is 0 Å². The van der Waals surface area contributed by atoms with Crippen molar-refractivity contribution in [2.45, 2.75) is 104 Å². The molecule has 0 bridgehead atoms. The molecule has 45 heavy (non-hydrogen) atoms. The number of aromatic nitrogens is 5. The second kappa shape index (κ2) is 13.3. The van der Waals surface area contributed by atoms with Crippen LogP contribution in [-0.4, -0.2) is 56.3 Å². The molecular weight excluding hydrogens is 584 g/mol. The van der Waals surface area contributed by atoms with Crippen LogP contribution < -0.4 is 9.64 Å². The number of carbonyl (C=O) groups excluding carboxylic acids is 1. The lowest BCUT2D eigenvalue weighted by molar-refractivity contribution is 0.0576. The van der Waals surface area contributed by atoms with Crippen LogP contribution in [0.2, 0.25) is 16.6 Å². The fourth-order valence-corrected chi connectivity index (χ4v) is 13.4. The maximum atomic E-state index is 13.4. The van der Waals surface area contributed by atoms with E-state index < -0.39 is 26.0 Å². The molecule has 4 rings (SSSR count). The summed E-state index contributed by atoms with van der Waals surface area (Å²) in [5.41, 5.74) is 4.24. The lowest BCUT2D eigenvalue weighted by Gasteiger charge is -2.44. The Morgan fingerprint density at radius 1 is 0.978 bits per heavy atom. The highest BCUT2D eigenvalue weighted by Crippen LogP contribution is 2.45. The number of hydrogen-bond donors (Lipinski definition) is 1. The van der Waals surface area contributed by atoms with Crippen LogP contribution in [-0.2, 0) is 11.3 Å². The molecule has 1 N–H and O–H groups in total. The fraction of sp³-hybridized carbons (Fsp3) is 0.500.